The number of hydrogen-bond donors (Lipinski definition) is 4. The molecular formula is C18H16N4O2S. The maximum Gasteiger partial charge on any atom is 0.345 e. The first-order valence-corrected chi connectivity index (χ1v) is 8.37. The molecule has 0 saturated carbocycles. The first-order valence-electron chi connectivity index (χ1n) is 7.55. The van der Waals surface area contributed by atoms with E-state index in [1.54, 1.807) is 12.3 Å². The molecule has 6 nitrogen and oxygen atoms in total. The maximum atomic E-state index is 11.3. The molecule has 0 atom stereocenters. The largest absolute Gasteiger partial charge is 0.477 e. The molecular weight excluding hydrogens is 336 g/mol. The van der Waals surface area contributed by atoms with E-state index < -0.39 is 5.97 Å². The Balaban J connectivity index is 1.77. The second-order valence-electron chi connectivity index (χ2n) is 5.21. The van der Waals surface area contributed by atoms with Crippen molar-refractivity contribution in [2.45, 2.75) is 6.54 Å². The van der Waals surface area contributed by atoms with Gasteiger partial charge in [-0.05, 0) is 23.8 Å². The van der Waals surface area contributed by atoms with Gasteiger partial charge in [0.05, 0.1) is 16.3 Å². The second-order valence-corrected chi connectivity index (χ2v) is 6.26. The molecule has 1 aromatic carbocycles. The summed E-state index contributed by atoms with van der Waals surface area (Å²) < 4.78 is 0. The minimum atomic E-state index is -1.00. The molecule has 0 bridgehead atoms. The van der Waals surface area contributed by atoms with Gasteiger partial charge in [0.1, 0.15) is 4.88 Å². The van der Waals surface area contributed by atoms with E-state index in [1.165, 1.54) is 6.07 Å². The van der Waals surface area contributed by atoms with Crippen LogP contribution in [0.15, 0.2) is 60.8 Å². The number of nitrogens with one attached hydrogen (secondary N) is 3. The summed E-state index contributed by atoms with van der Waals surface area (Å²) in [6.07, 6.45) is 1.65. The van der Waals surface area contributed by atoms with E-state index >= 15 is 0 Å². The lowest BCUT2D eigenvalue weighted by molar-refractivity contribution is 0.0702. The van der Waals surface area contributed by atoms with Gasteiger partial charge in [-0.15, -0.1) is 11.3 Å². The minimum Gasteiger partial charge on any atom is -0.477 e. The second kappa shape index (κ2) is 7.59. The molecule has 25 heavy (non-hydrogen) atoms. The molecule has 126 valence electrons. The number of nitrogens with zero attached hydrogens (tertiary/aromatic N) is 1. The van der Waals surface area contributed by atoms with Gasteiger partial charge >= 0.3 is 5.97 Å². The van der Waals surface area contributed by atoms with Crippen molar-refractivity contribution >= 4 is 29.0 Å². The summed E-state index contributed by atoms with van der Waals surface area (Å²) in [5, 5.41) is 23.2. The van der Waals surface area contributed by atoms with Crippen LogP contribution in [0.25, 0.3) is 10.6 Å². The zero-order valence-electron chi connectivity index (χ0n) is 13.2. The number of benzene rings is 1. The van der Waals surface area contributed by atoms with Gasteiger partial charge < -0.3 is 15.7 Å². The minimum absolute atomic E-state index is 0.0933. The van der Waals surface area contributed by atoms with Crippen molar-refractivity contribution in [2.75, 3.05) is 5.32 Å². The lowest BCUT2D eigenvalue weighted by atomic mass is 10.2. The van der Waals surface area contributed by atoms with Crippen molar-refractivity contribution in [1.82, 2.24) is 10.3 Å². The summed E-state index contributed by atoms with van der Waals surface area (Å²) in [5.74, 6) is -0.908. The van der Waals surface area contributed by atoms with Crippen molar-refractivity contribution in [3.05, 3.63) is 71.2 Å². The fraction of sp³-hybridized carbons (Fsp3) is 0.0556. The third-order valence-electron chi connectivity index (χ3n) is 3.41. The van der Waals surface area contributed by atoms with Crippen molar-refractivity contribution in [1.29, 1.82) is 5.41 Å². The Morgan fingerprint density at radius 2 is 1.92 bits per heavy atom. The Hall–Kier alpha value is -3.19. The van der Waals surface area contributed by atoms with Gasteiger partial charge in [-0.1, -0.05) is 36.4 Å². The summed E-state index contributed by atoms with van der Waals surface area (Å²) >= 11 is 1.13. The standard InChI is InChI=1S/C18H16N4O2S/c19-18(21-11-12-6-2-1-3-7-12)22-14-10-15(17(23)24)25-16(14)13-8-4-5-9-20-13/h1-10H,11H2,(H,23,24)(H3,19,21,22). The van der Waals surface area contributed by atoms with Gasteiger partial charge in [0.25, 0.3) is 0 Å². The highest BCUT2D eigenvalue weighted by molar-refractivity contribution is 7.18. The first kappa shape index (κ1) is 16.7. The third-order valence-corrected chi connectivity index (χ3v) is 4.56. The number of carboxylic acids is 1. The number of hydrogen-bond acceptors (Lipinski definition) is 4. The van der Waals surface area contributed by atoms with Crippen LogP contribution in [-0.2, 0) is 6.54 Å². The van der Waals surface area contributed by atoms with Crippen molar-refractivity contribution in [3.63, 3.8) is 0 Å². The van der Waals surface area contributed by atoms with Crippen molar-refractivity contribution in [3.8, 4) is 10.6 Å². The highest BCUT2D eigenvalue weighted by atomic mass is 32.1. The Kier molecular flexibility index (Phi) is 5.06. The third kappa shape index (κ3) is 4.21. The van der Waals surface area contributed by atoms with Crippen LogP contribution in [0, 0.1) is 5.41 Å². The number of thiophene rings is 1. The molecule has 2 heterocycles. The van der Waals surface area contributed by atoms with E-state index in [9.17, 15) is 9.90 Å². The van der Waals surface area contributed by atoms with Crippen LogP contribution in [0.5, 0.6) is 0 Å². The molecule has 0 radical (unpaired) electrons. The SMILES string of the molecule is N=C(NCc1ccccc1)Nc1cc(C(=O)O)sc1-c1ccccn1. The molecule has 0 amide bonds. The zero-order valence-corrected chi connectivity index (χ0v) is 14.0. The molecule has 7 heteroatoms. The highest BCUT2D eigenvalue weighted by Crippen LogP contribution is 2.35. The van der Waals surface area contributed by atoms with Gasteiger partial charge in [-0.3, -0.25) is 10.4 Å². The zero-order chi connectivity index (χ0) is 17.6. The van der Waals surface area contributed by atoms with E-state index in [0.717, 1.165) is 16.9 Å². The normalized spacial score (nSPS) is 10.2. The topological polar surface area (TPSA) is 98.1 Å². The van der Waals surface area contributed by atoms with E-state index in [2.05, 4.69) is 15.6 Å². The summed E-state index contributed by atoms with van der Waals surface area (Å²) in [4.78, 5) is 16.4. The molecule has 2 aromatic heterocycles. The Morgan fingerprint density at radius 3 is 2.60 bits per heavy atom. The number of anilines is 1. The number of aromatic nitrogens is 1. The van der Waals surface area contributed by atoms with E-state index in [4.69, 9.17) is 5.41 Å². The summed E-state index contributed by atoms with van der Waals surface area (Å²) in [7, 11) is 0. The molecule has 3 rings (SSSR count). The van der Waals surface area contributed by atoms with Gasteiger partial charge in [0.15, 0.2) is 5.96 Å². The van der Waals surface area contributed by atoms with Crippen molar-refractivity contribution < 1.29 is 9.90 Å². The smallest absolute Gasteiger partial charge is 0.345 e. The fourth-order valence-electron chi connectivity index (χ4n) is 2.24. The molecule has 0 saturated heterocycles. The number of pyridine rings is 1. The van der Waals surface area contributed by atoms with Crippen molar-refractivity contribution in [2.24, 2.45) is 0 Å². The number of guanidine groups is 1. The summed E-state index contributed by atoms with van der Waals surface area (Å²) in [5.41, 5.74) is 2.26. The lowest BCUT2D eigenvalue weighted by Crippen LogP contribution is -2.29. The van der Waals surface area contributed by atoms with Gasteiger partial charge in [-0.25, -0.2) is 4.79 Å². The van der Waals surface area contributed by atoms with Gasteiger partial charge in [0.2, 0.25) is 0 Å². The van der Waals surface area contributed by atoms with Crippen LogP contribution < -0.4 is 10.6 Å². The van der Waals surface area contributed by atoms with Crippen LogP contribution in [0.2, 0.25) is 0 Å². The number of aromatic carboxylic acids is 1. The van der Waals surface area contributed by atoms with Crippen LogP contribution in [-0.4, -0.2) is 22.0 Å². The Bertz CT molecular complexity index is 879. The summed E-state index contributed by atoms with van der Waals surface area (Å²) in [6, 6.07) is 16.7. The molecule has 0 aliphatic carbocycles. The predicted octanol–water partition coefficient (Wildman–Crippen LogP) is 3.64. The average molecular weight is 352 g/mol. The maximum absolute atomic E-state index is 11.3. The number of carboxylic acid groups (broad SMARTS) is 1. The first-order chi connectivity index (χ1) is 12.1. The van der Waals surface area contributed by atoms with Crippen LogP contribution in [0.4, 0.5) is 5.69 Å². The van der Waals surface area contributed by atoms with E-state index in [-0.39, 0.29) is 10.8 Å². The summed E-state index contributed by atoms with van der Waals surface area (Å²) in [6.45, 7) is 0.502. The molecule has 0 fully saturated rings. The number of carbonyl (C=O) groups is 1. The lowest BCUT2D eigenvalue weighted by Gasteiger charge is -2.11. The molecule has 0 aliphatic heterocycles. The molecule has 0 aliphatic rings. The monoisotopic (exact) mass is 352 g/mol. The Morgan fingerprint density at radius 1 is 1.16 bits per heavy atom. The van der Waals surface area contributed by atoms with E-state index in [1.807, 2.05) is 42.5 Å². The molecule has 0 spiro atoms. The average Bonchev–Trinajstić information content (AvgIpc) is 3.06. The quantitative estimate of drug-likeness (QED) is 0.415. The molecule has 0 unspecified atom stereocenters. The predicted molar refractivity (Wildman–Crippen MR) is 99.1 cm³/mol. The van der Waals surface area contributed by atoms with Crippen LogP contribution in [0.1, 0.15) is 15.2 Å². The van der Waals surface area contributed by atoms with E-state index in [0.29, 0.717) is 22.8 Å². The molecule has 4 N–H and O–H groups in total. The highest BCUT2D eigenvalue weighted by Gasteiger charge is 2.16. The fourth-order valence-corrected chi connectivity index (χ4v) is 3.17. The van der Waals surface area contributed by atoms with Gasteiger partial charge in [-0.2, -0.15) is 0 Å². The molecule has 3 aromatic rings. The van der Waals surface area contributed by atoms with Gasteiger partial charge in [0, 0.05) is 12.7 Å². The van der Waals surface area contributed by atoms with Crippen LogP contribution >= 0.6 is 11.3 Å². The number of rotatable bonds is 5. The Labute approximate surface area is 148 Å². The van der Waals surface area contributed by atoms with Crippen LogP contribution in [0.3, 0.4) is 0 Å².